The fourth-order valence-electron chi connectivity index (χ4n) is 1.09. The van der Waals surface area contributed by atoms with E-state index in [4.69, 9.17) is 0 Å². The number of nitrogens with zero attached hydrogens (tertiary/aromatic N) is 1. The molecule has 0 aromatic heterocycles. The molecule has 16 heavy (non-hydrogen) atoms. The van der Waals surface area contributed by atoms with E-state index in [9.17, 15) is 0 Å². The van der Waals surface area contributed by atoms with Crippen molar-refractivity contribution < 1.29 is 0 Å². The summed E-state index contributed by atoms with van der Waals surface area (Å²) in [4.78, 5) is 0. The highest BCUT2D eigenvalue weighted by molar-refractivity contribution is 7.77. The molecule has 0 aliphatic carbocycles. The molecule has 0 spiro atoms. The van der Waals surface area contributed by atoms with Crippen LogP contribution in [0.1, 0.15) is 33.6 Å². The van der Waals surface area contributed by atoms with Crippen molar-refractivity contribution in [2.45, 2.75) is 33.6 Å². The minimum absolute atomic E-state index is 0.833. The van der Waals surface area contributed by atoms with Crippen LogP contribution in [0.25, 0.3) is 0 Å². The van der Waals surface area contributed by atoms with Gasteiger partial charge in [-0.1, -0.05) is 70.0 Å². The van der Waals surface area contributed by atoms with Gasteiger partial charge in [-0.2, -0.15) is 0 Å². The smallest absolute Gasteiger partial charge is 0.00874 e. The second-order valence-electron chi connectivity index (χ2n) is 4.55. The summed E-state index contributed by atoms with van der Waals surface area (Å²) in [5, 5.41) is 0. The average Bonchev–Trinajstić information content (AvgIpc) is 2.72. The first-order valence-corrected chi connectivity index (χ1v) is 6.46. The van der Waals surface area contributed by atoms with Gasteiger partial charge in [0.05, 0.1) is 0 Å². The number of thiol groups is 1. The molecule has 1 aromatic carbocycles. The lowest BCUT2D eigenvalue weighted by atomic mass is 10.3. The topological polar surface area (TPSA) is 3.24 Å². The van der Waals surface area contributed by atoms with Gasteiger partial charge in [-0.25, -0.2) is 0 Å². The molecular formula is C14H25NS. The molecule has 0 atom stereocenters. The predicted octanol–water partition coefficient (Wildman–Crippen LogP) is 4.28. The molecule has 1 heterocycles. The Bertz CT molecular complexity index is 188. The van der Waals surface area contributed by atoms with E-state index in [1.807, 2.05) is 36.4 Å². The van der Waals surface area contributed by atoms with Gasteiger partial charge in [0.2, 0.25) is 0 Å². The molecule has 92 valence electrons. The van der Waals surface area contributed by atoms with E-state index in [0.717, 1.165) is 5.92 Å². The van der Waals surface area contributed by atoms with Crippen LogP contribution in [-0.4, -0.2) is 17.4 Å². The van der Waals surface area contributed by atoms with E-state index in [1.165, 1.54) is 25.9 Å². The Morgan fingerprint density at radius 1 is 0.812 bits per heavy atom. The van der Waals surface area contributed by atoms with Crippen molar-refractivity contribution >= 4 is 12.8 Å². The summed E-state index contributed by atoms with van der Waals surface area (Å²) in [6, 6.07) is 12.0. The van der Waals surface area contributed by atoms with Gasteiger partial charge in [-0.05, 0) is 18.8 Å². The third-order valence-electron chi connectivity index (χ3n) is 1.75. The third-order valence-corrected chi connectivity index (χ3v) is 2.15. The molecule has 1 fully saturated rings. The van der Waals surface area contributed by atoms with Crippen LogP contribution in [0.5, 0.6) is 0 Å². The monoisotopic (exact) mass is 239 g/mol. The molecule has 0 unspecified atom stereocenters. The maximum absolute atomic E-state index is 4.13. The zero-order valence-corrected chi connectivity index (χ0v) is 11.7. The molecule has 1 saturated heterocycles. The fraction of sp³-hybridized carbons (Fsp3) is 0.571. The number of rotatable bonds is 0. The molecule has 0 amide bonds. The van der Waals surface area contributed by atoms with Crippen LogP contribution < -0.4 is 0 Å². The maximum Gasteiger partial charge on any atom is 0.00874 e. The first-order chi connectivity index (χ1) is 7.63. The molecule has 0 bridgehead atoms. The van der Waals surface area contributed by atoms with Crippen molar-refractivity contribution in [3.8, 4) is 0 Å². The Balaban J connectivity index is 0.000000217. The van der Waals surface area contributed by atoms with Crippen molar-refractivity contribution in [1.29, 1.82) is 0 Å². The number of hydrogen-bond acceptors (Lipinski definition) is 2. The zero-order valence-electron chi connectivity index (χ0n) is 10.8. The van der Waals surface area contributed by atoms with Gasteiger partial charge in [0, 0.05) is 13.1 Å². The molecule has 2 heteroatoms. The Labute approximate surface area is 106 Å². The summed E-state index contributed by atoms with van der Waals surface area (Å²) in [7, 11) is 0. The summed E-state index contributed by atoms with van der Waals surface area (Å²) in [6.07, 6.45) is 2.67. The van der Waals surface area contributed by atoms with Crippen molar-refractivity contribution in [2.75, 3.05) is 13.1 Å². The molecule has 1 aliphatic rings. The lowest BCUT2D eigenvalue weighted by molar-refractivity contribution is 0.595. The van der Waals surface area contributed by atoms with Crippen LogP contribution in [0.15, 0.2) is 36.4 Å². The van der Waals surface area contributed by atoms with E-state index in [-0.39, 0.29) is 0 Å². The van der Waals surface area contributed by atoms with Crippen LogP contribution in [-0.2, 0) is 0 Å². The van der Waals surface area contributed by atoms with E-state index in [0.29, 0.717) is 0 Å². The SMILES string of the molecule is CC(C)C.SN1CCCC1.c1ccccc1. The normalized spacial score (nSPS) is 14.8. The number of hydrogen-bond donors (Lipinski definition) is 1. The molecular weight excluding hydrogens is 214 g/mol. The van der Waals surface area contributed by atoms with Crippen molar-refractivity contribution in [2.24, 2.45) is 5.92 Å². The molecule has 0 saturated carbocycles. The Morgan fingerprint density at radius 2 is 1.06 bits per heavy atom. The van der Waals surface area contributed by atoms with Gasteiger partial charge >= 0.3 is 0 Å². The van der Waals surface area contributed by atoms with Crippen molar-refractivity contribution in [3.05, 3.63) is 36.4 Å². The van der Waals surface area contributed by atoms with Crippen LogP contribution in [0.3, 0.4) is 0 Å². The minimum atomic E-state index is 0.833. The lowest BCUT2D eigenvalue weighted by Crippen LogP contribution is -2.02. The van der Waals surface area contributed by atoms with Crippen LogP contribution in [0.4, 0.5) is 0 Å². The van der Waals surface area contributed by atoms with Gasteiger partial charge in [-0.3, -0.25) is 4.31 Å². The quantitative estimate of drug-likeness (QED) is 0.662. The lowest BCUT2D eigenvalue weighted by Gasteiger charge is -1.99. The van der Waals surface area contributed by atoms with Gasteiger partial charge < -0.3 is 0 Å². The third kappa shape index (κ3) is 13.5. The summed E-state index contributed by atoms with van der Waals surface area (Å²) in [6.45, 7) is 8.87. The Hall–Kier alpha value is -0.470. The Kier molecular flexibility index (Phi) is 10.7. The standard InChI is InChI=1S/C6H6.C4H9NS.C4H10/c1-2-4-6-5-3-1;6-5-3-1-2-4-5;1-4(2)3/h1-6H;6H,1-4H2;4H,1-3H3. The summed E-state index contributed by atoms with van der Waals surface area (Å²) in [5.74, 6) is 0.833. The first-order valence-electron chi connectivity index (χ1n) is 6.06. The highest BCUT2D eigenvalue weighted by atomic mass is 32.1. The minimum Gasteiger partial charge on any atom is -0.253 e. The fourth-order valence-corrected chi connectivity index (χ4v) is 1.37. The van der Waals surface area contributed by atoms with Crippen molar-refractivity contribution in [3.63, 3.8) is 0 Å². The van der Waals surface area contributed by atoms with Crippen molar-refractivity contribution in [1.82, 2.24) is 4.31 Å². The first kappa shape index (κ1) is 15.5. The highest BCUT2D eigenvalue weighted by Gasteiger charge is 2.04. The molecule has 1 nitrogen and oxygen atoms in total. The highest BCUT2D eigenvalue weighted by Crippen LogP contribution is 2.07. The van der Waals surface area contributed by atoms with E-state index in [1.54, 1.807) is 0 Å². The second kappa shape index (κ2) is 11.0. The average molecular weight is 239 g/mol. The van der Waals surface area contributed by atoms with Gasteiger partial charge in [0.1, 0.15) is 0 Å². The maximum atomic E-state index is 4.13. The van der Waals surface area contributed by atoms with Crippen LogP contribution >= 0.6 is 12.8 Å². The largest absolute Gasteiger partial charge is 0.253 e. The molecule has 0 N–H and O–H groups in total. The summed E-state index contributed by atoms with van der Waals surface area (Å²) < 4.78 is 2.06. The molecule has 1 aromatic rings. The summed E-state index contributed by atoms with van der Waals surface area (Å²) >= 11 is 4.13. The van der Waals surface area contributed by atoms with Gasteiger partial charge in [0.25, 0.3) is 0 Å². The molecule has 2 rings (SSSR count). The zero-order chi connectivity index (χ0) is 12.2. The van der Waals surface area contributed by atoms with Gasteiger partial charge in [0.15, 0.2) is 0 Å². The summed E-state index contributed by atoms with van der Waals surface area (Å²) in [5.41, 5.74) is 0. The van der Waals surface area contributed by atoms with Crippen LogP contribution in [0.2, 0.25) is 0 Å². The van der Waals surface area contributed by atoms with Gasteiger partial charge in [-0.15, -0.1) is 0 Å². The molecule has 1 aliphatic heterocycles. The second-order valence-corrected chi connectivity index (χ2v) is 5.11. The van der Waals surface area contributed by atoms with E-state index >= 15 is 0 Å². The van der Waals surface area contributed by atoms with E-state index < -0.39 is 0 Å². The molecule has 0 radical (unpaired) electrons. The van der Waals surface area contributed by atoms with E-state index in [2.05, 4.69) is 37.9 Å². The predicted molar refractivity (Wildman–Crippen MR) is 76.7 cm³/mol. The Morgan fingerprint density at radius 3 is 1.19 bits per heavy atom. The number of benzene rings is 1. The van der Waals surface area contributed by atoms with Crippen LogP contribution in [0, 0.1) is 5.92 Å².